The second-order valence-electron chi connectivity index (χ2n) is 6.43. The average molecular weight is 373 g/mol. The van der Waals surface area contributed by atoms with Crippen LogP contribution in [0.1, 0.15) is 12.8 Å². The highest BCUT2D eigenvalue weighted by atomic mass is 19.4. The van der Waals surface area contributed by atoms with Gasteiger partial charge in [-0.2, -0.15) is 0 Å². The Balaban J connectivity index is 1.60. The number of carbonyl (C=O) groups is 2. The number of amides is 3. The maximum atomic E-state index is 12.4. The fraction of sp³-hybridized carbons (Fsp3) is 0.500. The Morgan fingerprint density at radius 3 is 2.54 bits per heavy atom. The summed E-state index contributed by atoms with van der Waals surface area (Å²) in [4.78, 5) is 27.1. The molecule has 0 saturated carbocycles. The van der Waals surface area contributed by atoms with Crippen LogP contribution in [0, 0.1) is 0 Å². The molecular weight excluding hydrogens is 355 g/mol. The monoisotopic (exact) mass is 373 g/mol. The van der Waals surface area contributed by atoms with Gasteiger partial charge in [-0.25, -0.2) is 9.59 Å². The molecule has 7 nitrogen and oxygen atoms in total. The molecule has 0 bridgehead atoms. The van der Waals surface area contributed by atoms with E-state index in [1.165, 1.54) is 21.9 Å². The van der Waals surface area contributed by atoms with E-state index in [1.54, 1.807) is 7.05 Å². The number of likely N-dealkylation sites (tertiary alicyclic amines) is 1. The number of anilines is 1. The van der Waals surface area contributed by atoms with Gasteiger partial charge in [0.05, 0.1) is 13.1 Å². The van der Waals surface area contributed by atoms with Crippen molar-refractivity contribution in [1.82, 2.24) is 9.80 Å². The second-order valence-corrected chi connectivity index (χ2v) is 6.43. The molecule has 0 aromatic heterocycles. The number of ether oxygens (including phenoxy) is 2. The number of hydrogen-bond acceptors (Lipinski definition) is 4. The maximum Gasteiger partial charge on any atom is 0.573 e. The van der Waals surface area contributed by atoms with Crippen LogP contribution in [-0.2, 0) is 4.74 Å². The van der Waals surface area contributed by atoms with E-state index < -0.39 is 24.1 Å². The van der Waals surface area contributed by atoms with Crippen molar-refractivity contribution >= 4 is 17.8 Å². The van der Waals surface area contributed by atoms with Crippen LogP contribution in [0.4, 0.5) is 28.4 Å². The SMILES string of the molecule is CN1CC2(CCCN(C(=O)Nc3ccc(OC(F)(F)F)cc3)C2)OC1=O. The summed E-state index contributed by atoms with van der Waals surface area (Å²) in [6.45, 7) is 1.19. The number of alkyl halides is 3. The minimum Gasteiger partial charge on any atom is -0.439 e. The van der Waals surface area contributed by atoms with Gasteiger partial charge in [-0.1, -0.05) is 0 Å². The predicted molar refractivity (Wildman–Crippen MR) is 84.8 cm³/mol. The fourth-order valence-corrected chi connectivity index (χ4v) is 3.22. The van der Waals surface area contributed by atoms with Crippen LogP contribution in [0.2, 0.25) is 0 Å². The molecule has 26 heavy (non-hydrogen) atoms. The summed E-state index contributed by atoms with van der Waals surface area (Å²) >= 11 is 0. The van der Waals surface area contributed by atoms with E-state index in [4.69, 9.17) is 4.74 Å². The molecule has 2 saturated heterocycles. The molecule has 0 radical (unpaired) electrons. The number of rotatable bonds is 2. The van der Waals surface area contributed by atoms with E-state index in [9.17, 15) is 22.8 Å². The van der Waals surface area contributed by atoms with Crippen LogP contribution >= 0.6 is 0 Å². The Labute approximate surface area is 147 Å². The van der Waals surface area contributed by atoms with Gasteiger partial charge in [-0.15, -0.1) is 13.2 Å². The Morgan fingerprint density at radius 1 is 1.27 bits per heavy atom. The number of nitrogens with one attached hydrogen (secondary N) is 1. The lowest BCUT2D eigenvalue weighted by Crippen LogP contribution is -2.53. The zero-order valence-electron chi connectivity index (χ0n) is 14.0. The molecule has 142 valence electrons. The molecule has 2 aliphatic rings. The Hall–Kier alpha value is -2.65. The molecule has 0 aliphatic carbocycles. The standard InChI is InChI=1S/C16H18F3N3O4/c1-21-9-15(26-14(21)24)7-2-8-22(10-15)13(23)20-11-3-5-12(6-4-11)25-16(17,18)19/h3-6H,2,7-10H2,1H3,(H,20,23). The number of likely N-dealkylation sites (N-methyl/N-ethyl adjacent to an activating group) is 1. The summed E-state index contributed by atoms with van der Waals surface area (Å²) in [5.41, 5.74) is -0.365. The zero-order valence-corrected chi connectivity index (χ0v) is 14.0. The molecule has 1 unspecified atom stereocenters. The molecule has 2 heterocycles. The van der Waals surface area contributed by atoms with Crippen LogP contribution in [-0.4, -0.2) is 60.6 Å². The lowest BCUT2D eigenvalue weighted by atomic mass is 9.93. The molecule has 3 amide bonds. The van der Waals surface area contributed by atoms with Gasteiger partial charge < -0.3 is 24.6 Å². The van der Waals surface area contributed by atoms with Crippen LogP contribution < -0.4 is 10.1 Å². The number of urea groups is 1. The first-order chi connectivity index (χ1) is 12.2. The first kappa shape index (κ1) is 18.2. The molecule has 1 aromatic carbocycles. The van der Waals surface area contributed by atoms with Crippen molar-refractivity contribution in [2.24, 2.45) is 0 Å². The molecule has 2 aliphatic heterocycles. The maximum absolute atomic E-state index is 12.4. The van der Waals surface area contributed by atoms with Gasteiger partial charge in [-0.05, 0) is 37.1 Å². The van der Waals surface area contributed by atoms with Crippen molar-refractivity contribution in [3.05, 3.63) is 24.3 Å². The first-order valence-electron chi connectivity index (χ1n) is 8.02. The first-order valence-corrected chi connectivity index (χ1v) is 8.02. The van der Waals surface area contributed by atoms with Gasteiger partial charge in [-0.3, -0.25) is 0 Å². The lowest BCUT2D eigenvalue weighted by molar-refractivity contribution is -0.274. The molecule has 3 rings (SSSR count). The van der Waals surface area contributed by atoms with Gasteiger partial charge in [0.2, 0.25) is 0 Å². The van der Waals surface area contributed by atoms with E-state index in [-0.39, 0.29) is 12.3 Å². The van der Waals surface area contributed by atoms with Crippen molar-refractivity contribution in [3.63, 3.8) is 0 Å². The quantitative estimate of drug-likeness (QED) is 0.865. The summed E-state index contributed by atoms with van der Waals surface area (Å²) in [5, 5.41) is 2.63. The number of nitrogens with zero attached hydrogens (tertiary/aromatic N) is 2. The number of benzene rings is 1. The van der Waals surface area contributed by atoms with Crippen molar-refractivity contribution in [2.45, 2.75) is 24.8 Å². The largest absolute Gasteiger partial charge is 0.573 e. The molecule has 1 N–H and O–H groups in total. The lowest BCUT2D eigenvalue weighted by Gasteiger charge is -2.38. The number of piperidine rings is 1. The molecule has 2 fully saturated rings. The third-order valence-corrected chi connectivity index (χ3v) is 4.31. The topological polar surface area (TPSA) is 71.1 Å². The second kappa shape index (κ2) is 6.58. The molecular formula is C16H18F3N3O4. The highest BCUT2D eigenvalue weighted by Gasteiger charge is 2.47. The summed E-state index contributed by atoms with van der Waals surface area (Å²) < 4.78 is 45.7. The Bertz CT molecular complexity index is 695. The zero-order chi connectivity index (χ0) is 18.9. The predicted octanol–water partition coefficient (Wildman–Crippen LogP) is 3.03. The van der Waals surface area contributed by atoms with Crippen molar-refractivity contribution in [2.75, 3.05) is 32.0 Å². The van der Waals surface area contributed by atoms with Crippen LogP contribution in [0.5, 0.6) is 5.75 Å². The normalized spacial score (nSPS) is 23.2. The summed E-state index contributed by atoms with van der Waals surface area (Å²) in [6.07, 6.45) is -3.81. The van der Waals surface area contributed by atoms with Crippen molar-refractivity contribution in [3.8, 4) is 5.75 Å². The van der Waals surface area contributed by atoms with Crippen LogP contribution in [0.3, 0.4) is 0 Å². The fourth-order valence-electron chi connectivity index (χ4n) is 3.22. The Kier molecular flexibility index (Phi) is 4.59. The highest BCUT2D eigenvalue weighted by Crippen LogP contribution is 2.31. The molecule has 1 atom stereocenters. The van der Waals surface area contributed by atoms with Gasteiger partial charge >= 0.3 is 18.5 Å². The third kappa shape index (κ3) is 4.12. The van der Waals surface area contributed by atoms with Gasteiger partial charge in [0, 0.05) is 19.3 Å². The van der Waals surface area contributed by atoms with Gasteiger partial charge in [0.25, 0.3) is 0 Å². The van der Waals surface area contributed by atoms with Crippen LogP contribution in [0.15, 0.2) is 24.3 Å². The molecule has 10 heteroatoms. The minimum absolute atomic E-state index is 0.268. The smallest absolute Gasteiger partial charge is 0.439 e. The Morgan fingerprint density at radius 2 is 1.96 bits per heavy atom. The van der Waals surface area contributed by atoms with E-state index in [0.717, 1.165) is 12.1 Å². The van der Waals surface area contributed by atoms with Crippen molar-refractivity contribution in [1.29, 1.82) is 0 Å². The minimum atomic E-state index is -4.77. The van der Waals surface area contributed by atoms with E-state index in [0.29, 0.717) is 31.6 Å². The van der Waals surface area contributed by atoms with Gasteiger partial charge in [0.1, 0.15) is 11.4 Å². The highest BCUT2D eigenvalue weighted by molar-refractivity contribution is 5.89. The third-order valence-electron chi connectivity index (χ3n) is 4.31. The molecule has 1 aromatic rings. The summed E-state index contributed by atoms with van der Waals surface area (Å²) in [6, 6.07) is 4.48. The van der Waals surface area contributed by atoms with E-state index in [2.05, 4.69) is 10.1 Å². The van der Waals surface area contributed by atoms with Crippen molar-refractivity contribution < 1.29 is 32.2 Å². The average Bonchev–Trinajstić information content (AvgIpc) is 2.81. The van der Waals surface area contributed by atoms with Crippen LogP contribution in [0.25, 0.3) is 0 Å². The summed E-state index contributed by atoms with van der Waals surface area (Å²) in [7, 11) is 1.64. The van der Waals surface area contributed by atoms with E-state index >= 15 is 0 Å². The summed E-state index contributed by atoms with van der Waals surface area (Å²) in [5.74, 6) is -0.367. The van der Waals surface area contributed by atoms with E-state index in [1.807, 2.05) is 0 Å². The number of carbonyl (C=O) groups excluding carboxylic acids is 2. The van der Waals surface area contributed by atoms with Gasteiger partial charge in [0.15, 0.2) is 0 Å². The molecule has 1 spiro atoms. The number of halogens is 3. The number of hydrogen-bond donors (Lipinski definition) is 1.